The topological polar surface area (TPSA) is 111 Å². The predicted molar refractivity (Wildman–Crippen MR) is 62.3 cm³/mol. The third-order valence-corrected chi connectivity index (χ3v) is 2.95. The Morgan fingerprint density at radius 3 is 3.00 bits per heavy atom. The van der Waals surface area contributed by atoms with Gasteiger partial charge in [-0.05, 0) is 6.07 Å². The third-order valence-electron chi connectivity index (χ3n) is 2.95. The number of aromatic nitrogens is 2. The number of ether oxygens (including phenoxy) is 1. The van der Waals surface area contributed by atoms with Gasteiger partial charge in [0.15, 0.2) is 5.60 Å². The van der Waals surface area contributed by atoms with Crippen LogP contribution in [0.1, 0.15) is 12.6 Å². The molecule has 0 saturated carbocycles. The van der Waals surface area contributed by atoms with E-state index in [1.165, 1.54) is 16.8 Å². The Morgan fingerprint density at radius 1 is 1.78 bits per heavy atom. The minimum Gasteiger partial charge on any atom is -0.392 e. The lowest BCUT2D eigenvalue weighted by atomic mass is 9.99. The molecule has 7 heteroatoms. The third kappa shape index (κ3) is 1.86. The van der Waals surface area contributed by atoms with Gasteiger partial charge in [-0.1, -0.05) is 5.92 Å². The summed E-state index contributed by atoms with van der Waals surface area (Å²) in [5, 5.41) is 19.0. The molecule has 18 heavy (non-hydrogen) atoms. The van der Waals surface area contributed by atoms with E-state index in [4.69, 9.17) is 16.9 Å². The molecule has 2 unspecified atom stereocenters. The Labute approximate surface area is 103 Å². The summed E-state index contributed by atoms with van der Waals surface area (Å²) in [6.07, 6.45) is 4.93. The van der Waals surface area contributed by atoms with Crippen molar-refractivity contribution in [2.75, 3.05) is 12.3 Å². The highest BCUT2D eigenvalue weighted by Gasteiger charge is 2.47. The number of nitrogen functional groups attached to an aromatic ring is 1. The zero-order valence-electron chi connectivity index (χ0n) is 9.48. The highest BCUT2D eigenvalue weighted by molar-refractivity contribution is 5.24. The minimum atomic E-state index is -1.48. The Morgan fingerprint density at radius 2 is 2.50 bits per heavy atom. The predicted octanol–water partition coefficient (Wildman–Crippen LogP) is -1.53. The van der Waals surface area contributed by atoms with E-state index in [1.54, 1.807) is 0 Å². The van der Waals surface area contributed by atoms with Crippen molar-refractivity contribution < 1.29 is 14.9 Å². The number of aliphatic hydroxyl groups excluding tert-OH is 2. The van der Waals surface area contributed by atoms with E-state index in [1.807, 2.05) is 0 Å². The van der Waals surface area contributed by atoms with Crippen LogP contribution in [0.5, 0.6) is 0 Å². The van der Waals surface area contributed by atoms with Crippen LogP contribution in [0.4, 0.5) is 5.82 Å². The van der Waals surface area contributed by atoms with Gasteiger partial charge in [-0.3, -0.25) is 4.57 Å². The molecule has 1 aromatic heterocycles. The second-order valence-corrected chi connectivity index (χ2v) is 4.06. The van der Waals surface area contributed by atoms with Gasteiger partial charge in [-0.2, -0.15) is 4.98 Å². The van der Waals surface area contributed by atoms with Gasteiger partial charge < -0.3 is 20.7 Å². The number of aliphatic hydroxyl groups is 2. The first-order valence-corrected chi connectivity index (χ1v) is 5.31. The molecule has 1 aliphatic rings. The maximum absolute atomic E-state index is 11.6. The zero-order valence-corrected chi connectivity index (χ0v) is 9.48. The molecule has 1 saturated heterocycles. The minimum absolute atomic E-state index is 0.0935. The standard InChI is InChI=1S/C11H13N3O4/c1-2-11(6-15)7(16)5-9(18-11)14-4-3-8(12)13-10(14)17/h1,3-4,7,9,15-16H,5-6H2,(H2,12,13,17)/t7?,9?,11-/m0/s1. The molecule has 1 aromatic rings. The van der Waals surface area contributed by atoms with Crippen LogP contribution in [0.3, 0.4) is 0 Å². The lowest BCUT2D eigenvalue weighted by molar-refractivity contribution is -0.0912. The lowest BCUT2D eigenvalue weighted by Gasteiger charge is -2.23. The maximum Gasteiger partial charge on any atom is 0.351 e. The number of nitrogens with zero attached hydrogens (tertiary/aromatic N) is 2. The first-order chi connectivity index (χ1) is 8.52. The van der Waals surface area contributed by atoms with E-state index in [9.17, 15) is 15.0 Å². The summed E-state index contributed by atoms with van der Waals surface area (Å²) in [6.45, 7) is -0.529. The molecule has 0 amide bonds. The summed E-state index contributed by atoms with van der Waals surface area (Å²) in [7, 11) is 0. The average Bonchev–Trinajstić information content (AvgIpc) is 2.67. The van der Waals surface area contributed by atoms with E-state index < -0.39 is 30.2 Å². The van der Waals surface area contributed by atoms with Crippen LogP contribution >= 0.6 is 0 Å². The van der Waals surface area contributed by atoms with E-state index in [2.05, 4.69) is 10.9 Å². The number of hydrogen-bond donors (Lipinski definition) is 3. The molecule has 0 spiro atoms. The number of nitrogens with two attached hydrogens (primary N) is 1. The average molecular weight is 251 g/mol. The zero-order chi connectivity index (χ0) is 13.3. The van der Waals surface area contributed by atoms with Crippen molar-refractivity contribution in [1.82, 2.24) is 9.55 Å². The second kappa shape index (κ2) is 4.42. The fourth-order valence-electron chi connectivity index (χ4n) is 1.88. The van der Waals surface area contributed by atoms with E-state index in [0.29, 0.717) is 0 Å². The Bertz CT molecular complexity index is 550. The van der Waals surface area contributed by atoms with Crippen LogP contribution in [0.15, 0.2) is 17.1 Å². The van der Waals surface area contributed by atoms with Crippen molar-refractivity contribution >= 4 is 5.82 Å². The van der Waals surface area contributed by atoms with Crippen molar-refractivity contribution in [3.05, 3.63) is 22.7 Å². The number of anilines is 1. The second-order valence-electron chi connectivity index (χ2n) is 4.06. The molecule has 0 aliphatic carbocycles. The van der Waals surface area contributed by atoms with Crippen LogP contribution in [-0.2, 0) is 4.74 Å². The molecule has 3 atom stereocenters. The van der Waals surface area contributed by atoms with Crippen molar-refractivity contribution in [1.29, 1.82) is 0 Å². The van der Waals surface area contributed by atoms with Crippen LogP contribution in [-0.4, -0.2) is 38.1 Å². The van der Waals surface area contributed by atoms with Crippen LogP contribution in [0, 0.1) is 12.3 Å². The molecule has 96 valence electrons. The summed E-state index contributed by atoms with van der Waals surface area (Å²) >= 11 is 0. The fraction of sp³-hybridized carbons (Fsp3) is 0.455. The van der Waals surface area contributed by atoms with Gasteiger partial charge in [-0.15, -0.1) is 6.42 Å². The lowest BCUT2D eigenvalue weighted by Crippen LogP contribution is -2.41. The molecular formula is C11H13N3O4. The summed E-state index contributed by atoms with van der Waals surface area (Å²) in [5.41, 5.74) is 3.29. The van der Waals surface area contributed by atoms with Gasteiger partial charge in [-0.25, -0.2) is 4.79 Å². The molecule has 0 bridgehead atoms. The van der Waals surface area contributed by atoms with Gasteiger partial charge >= 0.3 is 5.69 Å². The number of hydrogen-bond acceptors (Lipinski definition) is 6. The molecule has 2 rings (SSSR count). The first kappa shape index (κ1) is 12.6. The Hall–Kier alpha value is -1.88. The molecular weight excluding hydrogens is 238 g/mol. The molecule has 1 fully saturated rings. The van der Waals surface area contributed by atoms with Crippen LogP contribution in [0.25, 0.3) is 0 Å². The maximum atomic E-state index is 11.6. The van der Waals surface area contributed by atoms with Gasteiger partial charge in [0.25, 0.3) is 0 Å². The van der Waals surface area contributed by atoms with Crippen molar-refractivity contribution in [3.63, 3.8) is 0 Å². The molecule has 7 nitrogen and oxygen atoms in total. The van der Waals surface area contributed by atoms with Crippen LogP contribution in [0.2, 0.25) is 0 Å². The summed E-state index contributed by atoms with van der Waals surface area (Å²) < 4.78 is 6.59. The van der Waals surface area contributed by atoms with E-state index in [-0.39, 0.29) is 12.2 Å². The van der Waals surface area contributed by atoms with Gasteiger partial charge in [0.2, 0.25) is 0 Å². The SMILES string of the molecule is C#C[C@@]1(CO)OC(n2ccc(N)nc2=O)CC1O. The normalized spacial score (nSPS) is 31.2. The van der Waals surface area contributed by atoms with Gasteiger partial charge in [0.1, 0.15) is 18.1 Å². The number of rotatable bonds is 2. The summed E-state index contributed by atoms with van der Waals surface area (Å²) in [5.74, 6) is 2.32. The summed E-state index contributed by atoms with van der Waals surface area (Å²) in [4.78, 5) is 15.2. The van der Waals surface area contributed by atoms with Crippen molar-refractivity contribution in [2.45, 2.75) is 24.4 Å². The Balaban J connectivity index is 2.33. The quantitative estimate of drug-likeness (QED) is 0.550. The molecule has 0 radical (unpaired) electrons. The molecule has 4 N–H and O–H groups in total. The van der Waals surface area contributed by atoms with E-state index >= 15 is 0 Å². The van der Waals surface area contributed by atoms with Gasteiger partial charge in [0.05, 0.1) is 6.61 Å². The molecule has 0 aromatic carbocycles. The fourth-order valence-corrected chi connectivity index (χ4v) is 1.88. The highest BCUT2D eigenvalue weighted by atomic mass is 16.6. The molecule has 2 heterocycles. The molecule has 1 aliphatic heterocycles. The smallest absolute Gasteiger partial charge is 0.351 e. The first-order valence-electron chi connectivity index (χ1n) is 5.31. The van der Waals surface area contributed by atoms with E-state index in [0.717, 1.165) is 0 Å². The Kier molecular flexibility index (Phi) is 3.09. The van der Waals surface area contributed by atoms with Crippen molar-refractivity contribution in [3.8, 4) is 12.3 Å². The highest BCUT2D eigenvalue weighted by Crippen LogP contribution is 2.35. The number of terminal acetylenes is 1. The van der Waals surface area contributed by atoms with Crippen LogP contribution < -0.4 is 11.4 Å². The monoisotopic (exact) mass is 251 g/mol. The largest absolute Gasteiger partial charge is 0.392 e. The van der Waals surface area contributed by atoms with Gasteiger partial charge in [0, 0.05) is 12.6 Å². The van der Waals surface area contributed by atoms with Crippen molar-refractivity contribution in [2.24, 2.45) is 0 Å². The summed E-state index contributed by atoms with van der Waals surface area (Å²) in [6, 6.07) is 1.44.